The standard InChI is InChI=1S/C16H18N4OS/c21-16(12-3-6-22-10-12)20-8-11-1-2-14(13(11)9-20)19-15-7-17-4-5-18-15/h3-7,10-11,13-14H,1-2,8-9H2,(H,18,19)/t11-,13+,14-/m1/s1. The van der Waals surface area contributed by atoms with Crippen LogP contribution in [0, 0.1) is 11.8 Å². The average Bonchev–Trinajstić information content (AvgIpc) is 3.26. The summed E-state index contributed by atoms with van der Waals surface area (Å²) in [6.07, 6.45) is 7.47. The number of anilines is 1. The van der Waals surface area contributed by atoms with Crippen LogP contribution < -0.4 is 5.32 Å². The lowest BCUT2D eigenvalue weighted by Gasteiger charge is -2.22. The fourth-order valence-electron chi connectivity index (χ4n) is 3.74. The van der Waals surface area contributed by atoms with Crippen molar-refractivity contribution in [1.82, 2.24) is 14.9 Å². The minimum Gasteiger partial charge on any atom is -0.366 e. The average molecular weight is 314 g/mol. The van der Waals surface area contributed by atoms with E-state index >= 15 is 0 Å². The largest absolute Gasteiger partial charge is 0.366 e. The van der Waals surface area contributed by atoms with E-state index < -0.39 is 0 Å². The number of carbonyl (C=O) groups is 1. The molecule has 0 radical (unpaired) electrons. The minimum absolute atomic E-state index is 0.175. The second-order valence-corrected chi connectivity index (χ2v) is 6.84. The van der Waals surface area contributed by atoms with E-state index in [-0.39, 0.29) is 5.91 Å². The van der Waals surface area contributed by atoms with E-state index in [0.717, 1.165) is 30.9 Å². The molecule has 3 atom stereocenters. The molecule has 2 aliphatic rings. The van der Waals surface area contributed by atoms with Gasteiger partial charge in [-0.1, -0.05) is 0 Å². The maximum absolute atomic E-state index is 12.5. The Bertz CT molecular complexity index is 645. The number of nitrogens with one attached hydrogen (secondary N) is 1. The molecule has 1 saturated heterocycles. The van der Waals surface area contributed by atoms with Crippen LogP contribution >= 0.6 is 11.3 Å². The van der Waals surface area contributed by atoms with Gasteiger partial charge in [-0.15, -0.1) is 0 Å². The molecule has 1 aliphatic carbocycles. The van der Waals surface area contributed by atoms with E-state index in [4.69, 9.17) is 0 Å². The lowest BCUT2D eigenvalue weighted by atomic mass is 9.98. The van der Waals surface area contributed by atoms with Gasteiger partial charge in [-0.3, -0.25) is 9.78 Å². The Hall–Kier alpha value is -1.95. The molecule has 6 heteroatoms. The number of carbonyl (C=O) groups excluding carboxylic acids is 1. The van der Waals surface area contributed by atoms with Crippen molar-refractivity contribution in [3.63, 3.8) is 0 Å². The zero-order chi connectivity index (χ0) is 14.9. The smallest absolute Gasteiger partial charge is 0.254 e. The molecular weight excluding hydrogens is 296 g/mol. The summed E-state index contributed by atoms with van der Waals surface area (Å²) in [4.78, 5) is 22.9. The summed E-state index contributed by atoms with van der Waals surface area (Å²) >= 11 is 1.58. The number of nitrogens with zero attached hydrogens (tertiary/aromatic N) is 3. The van der Waals surface area contributed by atoms with Crippen molar-refractivity contribution in [3.8, 4) is 0 Å². The van der Waals surface area contributed by atoms with Crippen LogP contribution in [0.5, 0.6) is 0 Å². The third-order valence-electron chi connectivity index (χ3n) is 4.81. The quantitative estimate of drug-likeness (QED) is 0.945. The Balaban J connectivity index is 1.44. The summed E-state index contributed by atoms with van der Waals surface area (Å²) in [6, 6.07) is 2.30. The van der Waals surface area contributed by atoms with Gasteiger partial charge in [-0.2, -0.15) is 11.3 Å². The molecule has 22 heavy (non-hydrogen) atoms. The summed E-state index contributed by atoms with van der Waals surface area (Å²) in [5.74, 6) is 2.13. The molecule has 0 bridgehead atoms. The molecule has 4 rings (SSSR count). The Kier molecular flexibility index (Phi) is 3.54. The van der Waals surface area contributed by atoms with Crippen molar-refractivity contribution >= 4 is 23.1 Å². The molecule has 1 aliphatic heterocycles. The van der Waals surface area contributed by atoms with E-state index in [0.29, 0.717) is 17.9 Å². The molecule has 2 aromatic heterocycles. The van der Waals surface area contributed by atoms with Crippen LogP contribution in [-0.4, -0.2) is 39.9 Å². The third kappa shape index (κ3) is 2.47. The zero-order valence-electron chi connectivity index (χ0n) is 12.2. The number of likely N-dealkylation sites (tertiary alicyclic amines) is 1. The Morgan fingerprint density at radius 2 is 2.27 bits per heavy atom. The van der Waals surface area contributed by atoms with Gasteiger partial charge < -0.3 is 10.2 Å². The van der Waals surface area contributed by atoms with E-state index in [1.807, 2.05) is 21.7 Å². The van der Waals surface area contributed by atoms with Crippen molar-refractivity contribution in [2.24, 2.45) is 11.8 Å². The monoisotopic (exact) mass is 314 g/mol. The number of hydrogen-bond donors (Lipinski definition) is 1. The van der Waals surface area contributed by atoms with E-state index in [1.54, 1.807) is 29.9 Å². The third-order valence-corrected chi connectivity index (χ3v) is 5.49. The summed E-state index contributed by atoms with van der Waals surface area (Å²) in [5.41, 5.74) is 0.823. The number of hydrogen-bond acceptors (Lipinski definition) is 5. The first-order chi connectivity index (χ1) is 10.8. The van der Waals surface area contributed by atoms with Crippen molar-refractivity contribution in [2.45, 2.75) is 18.9 Å². The van der Waals surface area contributed by atoms with Crippen molar-refractivity contribution in [2.75, 3.05) is 18.4 Å². The molecular formula is C16H18N4OS. The van der Waals surface area contributed by atoms with Crippen LogP contribution in [0.2, 0.25) is 0 Å². The molecule has 0 aromatic carbocycles. The lowest BCUT2D eigenvalue weighted by molar-refractivity contribution is 0.0780. The van der Waals surface area contributed by atoms with E-state index in [2.05, 4.69) is 15.3 Å². The first kappa shape index (κ1) is 13.7. The van der Waals surface area contributed by atoms with Crippen LogP contribution in [0.25, 0.3) is 0 Å². The predicted octanol–water partition coefficient (Wildman–Crippen LogP) is 2.50. The molecule has 3 heterocycles. The molecule has 2 fully saturated rings. The number of thiophene rings is 1. The molecule has 0 unspecified atom stereocenters. The van der Waals surface area contributed by atoms with Crippen molar-refractivity contribution < 1.29 is 4.79 Å². The fourth-order valence-corrected chi connectivity index (χ4v) is 4.37. The molecule has 114 valence electrons. The summed E-state index contributed by atoms with van der Waals surface area (Å²) < 4.78 is 0. The SMILES string of the molecule is O=C(c1ccsc1)N1C[C@H]2CC[C@@H](Nc3cnccn3)[C@H]2C1. The summed E-state index contributed by atoms with van der Waals surface area (Å²) in [5, 5.41) is 7.39. The van der Waals surface area contributed by atoms with Crippen LogP contribution in [0.3, 0.4) is 0 Å². The van der Waals surface area contributed by atoms with Gasteiger partial charge in [0.25, 0.3) is 5.91 Å². The van der Waals surface area contributed by atoms with Gasteiger partial charge in [0, 0.05) is 42.8 Å². The first-order valence-electron chi connectivity index (χ1n) is 7.65. The van der Waals surface area contributed by atoms with Gasteiger partial charge in [0.1, 0.15) is 5.82 Å². The maximum atomic E-state index is 12.5. The number of rotatable bonds is 3. The number of amides is 1. The predicted molar refractivity (Wildman–Crippen MR) is 85.9 cm³/mol. The molecule has 1 saturated carbocycles. The highest BCUT2D eigenvalue weighted by Gasteiger charge is 2.44. The fraction of sp³-hybridized carbons (Fsp3) is 0.438. The second-order valence-electron chi connectivity index (χ2n) is 6.06. The van der Waals surface area contributed by atoms with Crippen molar-refractivity contribution in [1.29, 1.82) is 0 Å². The molecule has 1 amide bonds. The van der Waals surface area contributed by atoms with Gasteiger partial charge in [0.15, 0.2) is 0 Å². The Morgan fingerprint density at radius 3 is 3.05 bits per heavy atom. The minimum atomic E-state index is 0.175. The van der Waals surface area contributed by atoms with E-state index in [9.17, 15) is 4.79 Å². The second kappa shape index (κ2) is 5.68. The van der Waals surface area contributed by atoms with Gasteiger partial charge in [0.05, 0.1) is 11.8 Å². The van der Waals surface area contributed by atoms with Gasteiger partial charge in [0.2, 0.25) is 0 Å². The lowest BCUT2D eigenvalue weighted by Crippen LogP contribution is -2.33. The molecule has 2 aromatic rings. The highest BCUT2D eigenvalue weighted by Crippen LogP contribution is 2.39. The first-order valence-corrected chi connectivity index (χ1v) is 8.59. The van der Waals surface area contributed by atoms with Gasteiger partial charge in [-0.05, 0) is 30.2 Å². The van der Waals surface area contributed by atoms with Gasteiger partial charge in [-0.25, -0.2) is 4.98 Å². The summed E-state index contributed by atoms with van der Waals surface area (Å²) in [7, 11) is 0. The van der Waals surface area contributed by atoms with Crippen molar-refractivity contribution in [3.05, 3.63) is 41.0 Å². The molecule has 5 nitrogen and oxygen atoms in total. The zero-order valence-corrected chi connectivity index (χ0v) is 13.0. The highest BCUT2D eigenvalue weighted by molar-refractivity contribution is 7.08. The number of fused-ring (bicyclic) bond motifs is 1. The van der Waals surface area contributed by atoms with E-state index in [1.165, 1.54) is 6.42 Å². The topological polar surface area (TPSA) is 58.1 Å². The van der Waals surface area contributed by atoms with Gasteiger partial charge >= 0.3 is 0 Å². The molecule has 1 N–H and O–H groups in total. The highest BCUT2D eigenvalue weighted by atomic mass is 32.1. The normalized spacial score (nSPS) is 26.9. The Labute approximate surface area is 133 Å². The number of aromatic nitrogens is 2. The van der Waals surface area contributed by atoms with Crippen LogP contribution in [-0.2, 0) is 0 Å². The summed E-state index contributed by atoms with van der Waals surface area (Å²) in [6.45, 7) is 1.73. The maximum Gasteiger partial charge on any atom is 0.254 e. The van der Waals surface area contributed by atoms with Crippen LogP contribution in [0.1, 0.15) is 23.2 Å². The molecule has 0 spiro atoms. The van der Waals surface area contributed by atoms with Crippen LogP contribution in [0.4, 0.5) is 5.82 Å². The Morgan fingerprint density at radius 1 is 1.32 bits per heavy atom. The van der Waals surface area contributed by atoms with Crippen LogP contribution in [0.15, 0.2) is 35.4 Å².